The molecule has 0 radical (unpaired) electrons. The van der Waals surface area contributed by atoms with Gasteiger partial charge in [0, 0.05) is 36.6 Å². The van der Waals surface area contributed by atoms with Gasteiger partial charge in [0.15, 0.2) is 0 Å². The predicted octanol–water partition coefficient (Wildman–Crippen LogP) is 5.72. The third kappa shape index (κ3) is 6.64. The van der Waals surface area contributed by atoms with Crippen molar-refractivity contribution in [3.63, 3.8) is 0 Å². The van der Waals surface area contributed by atoms with Crippen molar-refractivity contribution in [1.82, 2.24) is 14.5 Å². The Balaban J connectivity index is 1.25. The molecule has 0 aliphatic rings. The van der Waals surface area contributed by atoms with Gasteiger partial charge in [-0.1, -0.05) is 6.07 Å². The number of aromatic nitrogens is 3. The van der Waals surface area contributed by atoms with E-state index in [2.05, 4.69) is 23.0 Å². The monoisotopic (exact) mass is 479 g/mol. The number of aryl methyl sites for hydroxylation is 3. The van der Waals surface area contributed by atoms with Crippen LogP contribution in [0.2, 0.25) is 0 Å². The second-order valence-corrected chi connectivity index (χ2v) is 8.21. The van der Waals surface area contributed by atoms with Crippen LogP contribution < -0.4 is 4.74 Å². The molecule has 35 heavy (non-hydrogen) atoms. The van der Waals surface area contributed by atoms with E-state index in [4.69, 9.17) is 9.15 Å². The van der Waals surface area contributed by atoms with Crippen molar-refractivity contribution < 1.29 is 23.0 Å². The minimum atomic E-state index is -0.649. The second kappa shape index (κ2) is 11.6. The Bertz CT molecular complexity index is 1300. The fourth-order valence-electron chi connectivity index (χ4n) is 3.75. The second-order valence-electron chi connectivity index (χ2n) is 8.21. The van der Waals surface area contributed by atoms with E-state index in [-0.39, 0.29) is 18.8 Å². The number of halogens is 2. The minimum Gasteiger partial charge on any atom is -0.487 e. The molecule has 4 rings (SSSR count). The largest absolute Gasteiger partial charge is 0.487 e. The first-order valence-electron chi connectivity index (χ1n) is 11.4. The van der Waals surface area contributed by atoms with E-state index in [0.717, 1.165) is 43.2 Å². The fourth-order valence-corrected chi connectivity index (χ4v) is 3.75. The van der Waals surface area contributed by atoms with E-state index in [1.807, 2.05) is 22.9 Å². The normalized spacial score (nSPS) is 11.4. The van der Waals surface area contributed by atoms with Gasteiger partial charge < -0.3 is 18.8 Å². The van der Waals surface area contributed by atoms with Gasteiger partial charge in [0.25, 0.3) is 0 Å². The lowest BCUT2D eigenvalue weighted by Crippen LogP contribution is -2.03. The van der Waals surface area contributed by atoms with Crippen LogP contribution in [0.15, 0.2) is 59.5 Å². The van der Waals surface area contributed by atoms with E-state index in [1.165, 1.54) is 36.1 Å². The zero-order valence-electron chi connectivity index (χ0n) is 19.5. The minimum absolute atomic E-state index is 0.0457. The van der Waals surface area contributed by atoms with Crippen LogP contribution >= 0.6 is 0 Å². The maximum Gasteiger partial charge on any atom is 0.218 e. The Kier molecular flexibility index (Phi) is 8.05. The summed E-state index contributed by atoms with van der Waals surface area (Å²) in [6.07, 6.45) is 11.1. The predicted molar refractivity (Wildman–Crippen MR) is 128 cm³/mol. The van der Waals surface area contributed by atoms with Crippen LogP contribution in [-0.2, 0) is 26.2 Å². The Labute approximate surface area is 202 Å². The number of unbranched alkanes of at least 4 members (excludes halogenated alkanes) is 1. The fraction of sp³-hybridized carbons (Fsp3) is 0.259. The highest BCUT2D eigenvalue weighted by Crippen LogP contribution is 2.21. The summed E-state index contributed by atoms with van der Waals surface area (Å²) < 4.78 is 40.0. The Hall–Kier alpha value is -3.78. The van der Waals surface area contributed by atoms with Gasteiger partial charge >= 0.3 is 0 Å². The summed E-state index contributed by atoms with van der Waals surface area (Å²) in [6, 6.07) is 9.41. The summed E-state index contributed by atoms with van der Waals surface area (Å²) in [7, 11) is 0. The van der Waals surface area contributed by atoms with Crippen molar-refractivity contribution in [1.29, 1.82) is 0 Å². The third-order valence-electron chi connectivity index (χ3n) is 5.68. The van der Waals surface area contributed by atoms with Gasteiger partial charge in [-0.05, 0) is 67.7 Å². The lowest BCUT2D eigenvalue weighted by Gasteiger charge is -2.10. The Morgan fingerprint density at radius 2 is 2.00 bits per heavy atom. The van der Waals surface area contributed by atoms with Crippen LogP contribution in [0.25, 0.3) is 12.2 Å². The first-order valence-corrected chi connectivity index (χ1v) is 11.4. The van der Waals surface area contributed by atoms with E-state index in [9.17, 15) is 13.9 Å². The van der Waals surface area contributed by atoms with Gasteiger partial charge in [-0.3, -0.25) is 0 Å². The molecule has 0 saturated heterocycles. The SMILES string of the molecule is Cc1cc(OCc2coc(/C=C/c3ccc(F)cc3F)n2)ccc1CCCCn1ccnc1CO. The van der Waals surface area contributed by atoms with Crippen molar-refractivity contribution >= 4 is 12.2 Å². The van der Waals surface area contributed by atoms with Crippen molar-refractivity contribution in [2.45, 2.75) is 45.9 Å². The summed E-state index contributed by atoms with van der Waals surface area (Å²) in [5.41, 5.74) is 3.28. The lowest BCUT2D eigenvalue weighted by molar-refractivity contribution is 0.264. The number of oxazole rings is 1. The van der Waals surface area contributed by atoms with Crippen molar-refractivity contribution in [3.05, 3.63) is 101 Å². The molecule has 0 aliphatic heterocycles. The summed E-state index contributed by atoms with van der Waals surface area (Å²) in [4.78, 5) is 8.44. The summed E-state index contributed by atoms with van der Waals surface area (Å²) in [6.45, 7) is 3.09. The summed E-state index contributed by atoms with van der Waals surface area (Å²) in [5, 5.41) is 9.28. The van der Waals surface area contributed by atoms with E-state index < -0.39 is 11.6 Å². The summed E-state index contributed by atoms with van der Waals surface area (Å²) in [5.74, 6) is 0.469. The Morgan fingerprint density at radius 3 is 2.80 bits per heavy atom. The van der Waals surface area contributed by atoms with Crippen LogP contribution in [-0.4, -0.2) is 19.6 Å². The molecule has 0 bridgehead atoms. The molecule has 0 fully saturated rings. The molecular weight excluding hydrogens is 452 g/mol. The highest BCUT2D eigenvalue weighted by atomic mass is 19.1. The number of aliphatic hydroxyl groups excluding tert-OH is 1. The van der Waals surface area contributed by atoms with E-state index in [1.54, 1.807) is 6.20 Å². The number of imidazole rings is 1. The average molecular weight is 480 g/mol. The molecule has 0 aliphatic carbocycles. The molecule has 2 aromatic heterocycles. The molecule has 0 amide bonds. The number of aliphatic hydroxyl groups is 1. The Morgan fingerprint density at radius 1 is 1.11 bits per heavy atom. The van der Waals surface area contributed by atoms with Crippen LogP contribution in [0, 0.1) is 18.6 Å². The smallest absolute Gasteiger partial charge is 0.218 e. The molecule has 0 spiro atoms. The molecule has 6 nitrogen and oxygen atoms in total. The number of rotatable bonds is 11. The molecular formula is C27H27F2N3O3. The number of hydrogen-bond acceptors (Lipinski definition) is 5. The number of nitrogens with zero attached hydrogens (tertiary/aromatic N) is 3. The van der Waals surface area contributed by atoms with Crippen LogP contribution in [0.3, 0.4) is 0 Å². The van der Waals surface area contributed by atoms with Crippen LogP contribution in [0.4, 0.5) is 8.78 Å². The van der Waals surface area contributed by atoms with Crippen LogP contribution in [0.1, 0.15) is 46.9 Å². The van der Waals surface area contributed by atoms with Crippen LogP contribution in [0.5, 0.6) is 5.75 Å². The highest BCUT2D eigenvalue weighted by Gasteiger charge is 2.07. The molecule has 4 aromatic rings. The molecule has 0 saturated carbocycles. The quantitative estimate of drug-likeness (QED) is 0.279. The summed E-state index contributed by atoms with van der Waals surface area (Å²) >= 11 is 0. The molecule has 0 atom stereocenters. The average Bonchev–Trinajstić information content (AvgIpc) is 3.50. The van der Waals surface area contributed by atoms with Gasteiger partial charge in [0.1, 0.15) is 48.4 Å². The zero-order chi connectivity index (χ0) is 24.6. The molecule has 182 valence electrons. The van der Waals surface area contributed by atoms with E-state index in [0.29, 0.717) is 17.4 Å². The molecule has 2 heterocycles. The van der Waals surface area contributed by atoms with E-state index >= 15 is 0 Å². The van der Waals surface area contributed by atoms with Gasteiger partial charge in [0.2, 0.25) is 5.89 Å². The third-order valence-corrected chi connectivity index (χ3v) is 5.68. The molecule has 1 N–H and O–H groups in total. The highest BCUT2D eigenvalue weighted by molar-refractivity contribution is 5.66. The van der Waals surface area contributed by atoms with Crippen molar-refractivity contribution in [2.24, 2.45) is 0 Å². The van der Waals surface area contributed by atoms with Gasteiger partial charge in [-0.2, -0.15) is 0 Å². The maximum atomic E-state index is 13.7. The van der Waals surface area contributed by atoms with Gasteiger partial charge in [-0.25, -0.2) is 18.7 Å². The number of benzene rings is 2. The maximum absolute atomic E-state index is 13.7. The van der Waals surface area contributed by atoms with Crippen molar-refractivity contribution in [2.75, 3.05) is 0 Å². The molecule has 0 unspecified atom stereocenters. The van der Waals surface area contributed by atoms with Gasteiger partial charge in [-0.15, -0.1) is 0 Å². The zero-order valence-corrected chi connectivity index (χ0v) is 19.5. The number of ether oxygens (including phenoxy) is 1. The van der Waals surface area contributed by atoms with Gasteiger partial charge in [0.05, 0.1) is 0 Å². The molecule has 8 heteroatoms. The lowest BCUT2D eigenvalue weighted by atomic mass is 10.0. The van der Waals surface area contributed by atoms with Crippen molar-refractivity contribution in [3.8, 4) is 5.75 Å². The topological polar surface area (TPSA) is 73.3 Å². The first kappa shape index (κ1) is 24.3. The standard InChI is InChI=1S/C27H27F2N3O3/c1-19-14-24(9-6-20(19)4-2-3-12-32-13-11-30-26(32)16-33)34-17-23-18-35-27(31-23)10-7-21-5-8-22(28)15-25(21)29/h5-11,13-15,18,33H,2-4,12,16-17H2,1H3/b10-7+. The first-order chi connectivity index (χ1) is 17.0. The molecule has 2 aromatic carbocycles. The number of hydrogen-bond donors (Lipinski definition) is 1.